The molecule has 3 N–H and O–H groups in total. The number of anilines is 2. The van der Waals surface area contributed by atoms with E-state index in [2.05, 4.69) is 5.32 Å². The Bertz CT molecular complexity index is 527. The second kappa shape index (κ2) is 5.93. The summed E-state index contributed by atoms with van der Waals surface area (Å²) in [6.45, 7) is 1.58. The lowest BCUT2D eigenvalue weighted by molar-refractivity contribution is -0.137. The van der Waals surface area contributed by atoms with Gasteiger partial charge in [-0.3, -0.25) is 4.79 Å². The van der Waals surface area contributed by atoms with Crippen LogP contribution in [0.2, 0.25) is 0 Å². The van der Waals surface area contributed by atoms with Crippen molar-refractivity contribution in [2.75, 3.05) is 11.1 Å². The molecule has 0 radical (unpaired) electrons. The predicted octanol–water partition coefficient (Wildman–Crippen LogP) is 3.18. The lowest BCUT2D eigenvalue weighted by Gasteiger charge is -2.28. The van der Waals surface area contributed by atoms with Crippen LogP contribution in [0, 0.1) is 0 Å². The Kier molecular flexibility index (Phi) is 4.41. The van der Waals surface area contributed by atoms with Crippen molar-refractivity contribution in [3.05, 3.63) is 23.8 Å². The number of nitrogen functional groups attached to an aromatic ring is 1. The third kappa shape index (κ3) is 3.87. The highest BCUT2D eigenvalue weighted by Gasteiger charge is 2.33. The van der Waals surface area contributed by atoms with Gasteiger partial charge < -0.3 is 15.8 Å². The average Bonchev–Trinajstić information content (AvgIpc) is 2.34. The second-order valence-electron chi connectivity index (χ2n) is 5.12. The number of alkyl halides is 3. The van der Waals surface area contributed by atoms with Crippen molar-refractivity contribution in [3.8, 4) is 0 Å². The van der Waals surface area contributed by atoms with E-state index in [9.17, 15) is 18.0 Å². The fourth-order valence-electron chi connectivity index (χ4n) is 1.98. The van der Waals surface area contributed by atoms with Gasteiger partial charge in [-0.1, -0.05) is 0 Å². The quantitative estimate of drug-likeness (QED) is 0.840. The Morgan fingerprint density at radius 2 is 2.10 bits per heavy atom. The summed E-state index contributed by atoms with van der Waals surface area (Å²) < 4.78 is 43.7. The topological polar surface area (TPSA) is 64.3 Å². The number of amides is 1. The molecule has 116 valence electrons. The van der Waals surface area contributed by atoms with Crippen molar-refractivity contribution >= 4 is 17.3 Å². The predicted molar refractivity (Wildman–Crippen MR) is 72.7 cm³/mol. The lowest BCUT2D eigenvalue weighted by Crippen LogP contribution is -2.34. The number of hydrogen-bond acceptors (Lipinski definition) is 3. The van der Waals surface area contributed by atoms with E-state index in [1.165, 1.54) is 6.07 Å². The van der Waals surface area contributed by atoms with Gasteiger partial charge in [0.1, 0.15) is 6.10 Å². The Morgan fingerprint density at radius 3 is 2.62 bits per heavy atom. The average molecular weight is 302 g/mol. The molecule has 21 heavy (non-hydrogen) atoms. The number of benzene rings is 1. The minimum Gasteiger partial charge on any atom is -0.398 e. The molecule has 1 aliphatic carbocycles. The molecule has 1 aromatic carbocycles. The number of nitrogens with one attached hydrogen (secondary N) is 1. The van der Waals surface area contributed by atoms with Gasteiger partial charge >= 0.3 is 6.18 Å². The van der Waals surface area contributed by atoms with Crippen LogP contribution in [0.15, 0.2) is 18.2 Å². The first-order valence-electron chi connectivity index (χ1n) is 6.70. The smallest absolute Gasteiger partial charge is 0.398 e. The van der Waals surface area contributed by atoms with Crippen LogP contribution in [-0.4, -0.2) is 18.1 Å². The van der Waals surface area contributed by atoms with Gasteiger partial charge in [0, 0.05) is 11.4 Å². The number of rotatable bonds is 4. The Hall–Kier alpha value is -1.76. The standard InChI is InChI=1S/C14H17F3N2O2/c1-8(21-10-3-2-4-10)13(20)19-9-5-6-12(18)11(7-9)14(15,16)17/h5-8,10H,2-4,18H2,1H3,(H,19,20). The molecular weight excluding hydrogens is 285 g/mol. The normalized spacial score (nSPS) is 17.1. The molecule has 0 aliphatic heterocycles. The third-order valence-corrected chi connectivity index (χ3v) is 3.44. The number of hydrogen-bond donors (Lipinski definition) is 2. The molecule has 0 saturated heterocycles. The van der Waals surface area contributed by atoms with Crippen molar-refractivity contribution in [2.24, 2.45) is 0 Å². The molecule has 1 saturated carbocycles. The summed E-state index contributed by atoms with van der Waals surface area (Å²) in [5, 5.41) is 2.42. The summed E-state index contributed by atoms with van der Waals surface area (Å²) in [7, 11) is 0. The van der Waals surface area contributed by atoms with E-state index in [0.717, 1.165) is 31.4 Å². The van der Waals surface area contributed by atoms with Crippen LogP contribution in [0.25, 0.3) is 0 Å². The van der Waals surface area contributed by atoms with Crippen LogP contribution in [-0.2, 0) is 15.7 Å². The van der Waals surface area contributed by atoms with E-state index in [1.54, 1.807) is 6.92 Å². The maximum atomic E-state index is 12.7. The van der Waals surface area contributed by atoms with Crippen LogP contribution in [0.3, 0.4) is 0 Å². The van der Waals surface area contributed by atoms with Gasteiger partial charge in [-0.25, -0.2) is 0 Å². The molecule has 0 heterocycles. The van der Waals surface area contributed by atoms with Gasteiger partial charge in [0.25, 0.3) is 5.91 Å². The molecule has 2 rings (SSSR count). The maximum Gasteiger partial charge on any atom is 0.418 e. The molecule has 0 aromatic heterocycles. The molecule has 1 aromatic rings. The molecule has 1 fully saturated rings. The van der Waals surface area contributed by atoms with Gasteiger partial charge in [-0.05, 0) is 44.4 Å². The maximum absolute atomic E-state index is 12.7. The fourth-order valence-corrected chi connectivity index (χ4v) is 1.98. The van der Waals surface area contributed by atoms with E-state index in [1.807, 2.05) is 0 Å². The zero-order valence-electron chi connectivity index (χ0n) is 11.5. The molecule has 1 atom stereocenters. The van der Waals surface area contributed by atoms with Gasteiger partial charge in [0.05, 0.1) is 11.7 Å². The molecule has 1 aliphatic rings. The molecule has 0 spiro atoms. The van der Waals surface area contributed by atoms with Gasteiger partial charge in [-0.2, -0.15) is 13.2 Å². The van der Waals surface area contributed by atoms with E-state index in [4.69, 9.17) is 10.5 Å². The lowest BCUT2D eigenvalue weighted by atomic mass is 9.96. The minimum absolute atomic E-state index is 0.0468. The SMILES string of the molecule is CC(OC1CCC1)C(=O)Nc1ccc(N)c(C(F)(F)F)c1. The third-order valence-electron chi connectivity index (χ3n) is 3.44. The summed E-state index contributed by atoms with van der Waals surface area (Å²) in [4.78, 5) is 11.9. The monoisotopic (exact) mass is 302 g/mol. The fraction of sp³-hybridized carbons (Fsp3) is 0.500. The summed E-state index contributed by atoms with van der Waals surface area (Å²) >= 11 is 0. The first kappa shape index (κ1) is 15.6. The van der Waals surface area contributed by atoms with Crippen LogP contribution in [0.1, 0.15) is 31.7 Å². The van der Waals surface area contributed by atoms with Crippen molar-refractivity contribution in [1.82, 2.24) is 0 Å². The van der Waals surface area contributed by atoms with E-state index >= 15 is 0 Å². The van der Waals surface area contributed by atoms with Crippen molar-refractivity contribution in [1.29, 1.82) is 0 Å². The summed E-state index contributed by atoms with van der Waals surface area (Å²) in [6, 6.07) is 3.28. The van der Waals surface area contributed by atoms with Crippen LogP contribution >= 0.6 is 0 Å². The zero-order valence-corrected chi connectivity index (χ0v) is 11.5. The van der Waals surface area contributed by atoms with Crippen molar-refractivity contribution in [3.63, 3.8) is 0 Å². The van der Waals surface area contributed by atoms with Gasteiger partial charge in [-0.15, -0.1) is 0 Å². The number of carbonyl (C=O) groups is 1. The largest absolute Gasteiger partial charge is 0.418 e. The highest BCUT2D eigenvalue weighted by molar-refractivity contribution is 5.94. The first-order chi connectivity index (χ1) is 9.77. The van der Waals surface area contributed by atoms with E-state index in [0.29, 0.717) is 0 Å². The number of ether oxygens (including phenoxy) is 1. The second-order valence-corrected chi connectivity index (χ2v) is 5.12. The Labute approximate surface area is 120 Å². The summed E-state index contributed by atoms with van der Waals surface area (Å²) in [6.07, 6.45) is -2.29. The van der Waals surface area contributed by atoms with Gasteiger partial charge in [0.2, 0.25) is 0 Å². The molecule has 4 nitrogen and oxygen atoms in total. The highest BCUT2D eigenvalue weighted by Crippen LogP contribution is 2.35. The zero-order chi connectivity index (χ0) is 15.6. The Morgan fingerprint density at radius 1 is 1.43 bits per heavy atom. The van der Waals surface area contributed by atoms with Crippen LogP contribution < -0.4 is 11.1 Å². The number of halogens is 3. The molecular formula is C14H17F3N2O2. The first-order valence-corrected chi connectivity index (χ1v) is 6.70. The molecule has 0 bridgehead atoms. The molecule has 7 heteroatoms. The Balaban J connectivity index is 2.03. The van der Waals surface area contributed by atoms with Crippen molar-refractivity contribution in [2.45, 2.75) is 44.6 Å². The number of carbonyl (C=O) groups excluding carboxylic acids is 1. The molecule has 1 amide bonds. The molecule has 1 unspecified atom stereocenters. The van der Waals surface area contributed by atoms with E-state index < -0.39 is 23.8 Å². The van der Waals surface area contributed by atoms with Crippen molar-refractivity contribution < 1.29 is 22.7 Å². The summed E-state index contributed by atoms with van der Waals surface area (Å²) in [5.41, 5.74) is 4.01. The highest BCUT2D eigenvalue weighted by atomic mass is 19.4. The van der Waals surface area contributed by atoms with E-state index in [-0.39, 0.29) is 17.5 Å². The number of nitrogens with two attached hydrogens (primary N) is 1. The summed E-state index contributed by atoms with van der Waals surface area (Å²) in [5.74, 6) is -0.472. The van der Waals surface area contributed by atoms with Crippen LogP contribution in [0.4, 0.5) is 24.5 Å². The van der Waals surface area contributed by atoms with Crippen LogP contribution in [0.5, 0.6) is 0 Å². The minimum atomic E-state index is -4.56. The van der Waals surface area contributed by atoms with Gasteiger partial charge in [0.15, 0.2) is 0 Å².